The van der Waals surface area contributed by atoms with Crippen LogP contribution in [0.25, 0.3) is 28.6 Å². The van der Waals surface area contributed by atoms with Crippen molar-refractivity contribution in [2.75, 3.05) is 0 Å². The zero-order valence-corrected chi connectivity index (χ0v) is 17.5. The van der Waals surface area contributed by atoms with Gasteiger partial charge in [0, 0.05) is 17.5 Å². The molecule has 0 atom stereocenters. The van der Waals surface area contributed by atoms with Crippen molar-refractivity contribution < 1.29 is 0 Å². The highest BCUT2D eigenvalue weighted by Crippen LogP contribution is 2.41. The van der Waals surface area contributed by atoms with Crippen LogP contribution in [0.4, 0.5) is 0 Å². The highest BCUT2D eigenvalue weighted by atomic mass is 15.0. The molecule has 0 aliphatic carbocycles. The lowest BCUT2D eigenvalue weighted by molar-refractivity contribution is 0.545. The number of hydrogen-bond acceptors (Lipinski definition) is 0. The van der Waals surface area contributed by atoms with Crippen LogP contribution in [0.2, 0.25) is 0 Å². The Bertz CT molecular complexity index is 920. The molecule has 0 fully saturated rings. The SMILES string of the molecule is Cc1c(-c2ccccc2)c(-c2ccccc2)n(C=CC(C)(C)C)c1C(C)C. The second-order valence-electron chi connectivity index (χ2n) is 8.67. The first-order chi connectivity index (χ1) is 12.8. The topological polar surface area (TPSA) is 4.93 Å². The molecule has 0 radical (unpaired) electrons. The Kier molecular flexibility index (Phi) is 5.41. The van der Waals surface area contributed by atoms with E-state index in [0.717, 1.165) is 0 Å². The van der Waals surface area contributed by atoms with E-state index in [0.29, 0.717) is 5.92 Å². The van der Waals surface area contributed by atoms with Crippen molar-refractivity contribution in [1.29, 1.82) is 0 Å². The van der Waals surface area contributed by atoms with Gasteiger partial charge in [0.1, 0.15) is 0 Å². The van der Waals surface area contributed by atoms with Crippen LogP contribution in [0, 0.1) is 12.3 Å². The third-order valence-corrected chi connectivity index (χ3v) is 4.88. The Morgan fingerprint density at radius 1 is 0.815 bits per heavy atom. The minimum atomic E-state index is 0.132. The fraction of sp³-hybridized carbons (Fsp3) is 0.308. The summed E-state index contributed by atoms with van der Waals surface area (Å²) < 4.78 is 2.42. The Morgan fingerprint density at radius 3 is 1.81 bits per heavy atom. The molecule has 27 heavy (non-hydrogen) atoms. The quantitative estimate of drug-likeness (QED) is 0.449. The highest BCUT2D eigenvalue weighted by Gasteiger charge is 2.23. The molecule has 3 rings (SSSR count). The number of allylic oxidation sites excluding steroid dienone is 1. The van der Waals surface area contributed by atoms with Crippen LogP contribution < -0.4 is 0 Å². The van der Waals surface area contributed by atoms with Gasteiger partial charge in [-0.3, -0.25) is 0 Å². The second kappa shape index (κ2) is 7.60. The van der Waals surface area contributed by atoms with E-state index in [1.54, 1.807) is 0 Å². The monoisotopic (exact) mass is 357 g/mol. The van der Waals surface area contributed by atoms with Gasteiger partial charge in [0.2, 0.25) is 0 Å². The van der Waals surface area contributed by atoms with Gasteiger partial charge >= 0.3 is 0 Å². The number of nitrogens with zero attached hydrogens (tertiary/aromatic N) is 1. The predicted molar refractivity (Wildman–Crippen MR) is 119 cm³/mol. The van der Waals surface area contributed by atoms with Crippen molar-refractivity contribution in [2.45, 2.75) is 47.5 Å². The summed E-state index contributed by atoms with van der Waals surface area (Å²) in [6, 6.07) is 21.5. The first-order valence-corrected chi connectivity index (χ1v) is 9.84. The molecule has 2 aromatic carbocycles. The molecule has 1 nitrogen and oxygen atoms in total. The van der Waals surface area contributed by atoms with Gasteiger partial charge in [0.05, 0.1) is 5.69 Å². The zero-order chi connectivity index (χ0) is 19.6. The highest BCUT2D eigenvalue weighted by molar-refractivity contribution is 5.87. The molecule has 0 bridgehead atoms. The van der Waals surface area contributed by atoms with Gasteiger partial charge in [-0.25, -0.2) is 0 Å². The van der Waals surface area contributed by atoms with Gasteiger partial charge in [-0.05, 0) is 34.9 Å². The molecule has 0 amide bonds. The molecule has 0 saturated carbocycles. The third kappa shape index (κ3) is 4.08. The van der Waals surface area contributed by atoms with Crippen molar-refractivity contribution in [3.8, 4) is 22.4 Å². The molecule has 1 heterocycles. The molecule has 0 spiro atoms. The lowest BCUT2D eigenvalue weighted by atomic mass is 9.96. The summed E-state index contributed by atoms with van der Waals surface area (Å²) in [5.74, 6) is 0.439. The standard InChI is InChI=1S/C26H31N/c1-19(2)24-20(3)23(21-13-9-7-10-14-21)25(22-15-11-8-12-16-22)27(24)18-17-26(4,5)6/h7-19H,1-6H3. The minimum absolute atomic E-state index is 0.132. The maximum absolute atomic E-state index is 2.42. The normalized spacial score (nSPS) is 12.3. The van der Waals surface area contributed by atoms with Crippen molar-refractivity contribution in [2.24, 2.45) is 5.41 Å². The summed E-state index contributed by atoms with van der Waals surface area (Å²) in [5.41, 5.74) is 8.03. The van der Waals surface area contributed by atoms with Crippen LogP contribution in [-0.2, 0) is 0 Å². The van der Waals surface area contributed by atoms with Gasteiger partial charge in [-0.15, -0.1) is 0 Å². The summed E-state index contributed by atoms with van der Waals surface area (Å²) in [5, 5.41) is 0. The van der Waals surface area contributed by atoms with E-state index in [1.165, 1.54) is 33.6 Å². The van der Waals surface area contributed by atoms with E-state index in [4.69, 9.17) is 0 Å². The van der Waals surface area contributed by atoms with E-state index < -0.39 is 0 Å². The van der Waals surface area contributed by atoms with E-state index in [1.807, 2.05) is 0 Å². The van der Waals surface area contributed by atoms with E-state index >= 15 is 0 Å². The Hall–Kier alpha value is -2.54. The van der Waals surface area contributed by atoms with Crippen LogP contribution in [-0.4, -0.2) is 4.57 Å². The number of hydrogen-bond donors (Lipinski definition) is 0. The molecule has 0 saturated heterocycles. The van der Waals surface area contributed by atoms with Gasteiger partial charge in [0.15, 0.2) is 0 Å². The first kappa shape index (κ1) is 19.2. The molecule has 0 unspecified atom stereocenters. The summed E-state index contributed by atoms with van der Waals surface area (Å²) in [7, 11) is 0. The van der Waals surface area contributed by atoms with E-state index in [9.17, 15) is 0 Å². The van der Waals surface area contributed by atoms with Crippen LogP contribution in [0.3, 0.4) is 0 Å². The van der Waals surface area contributed by atoms with Gasteiger partial charge < -0.3 is 4.57 Å². The van der Waals surface area contributed by atoms with Crippen LogP contribution >= 0.6 is 0 Å². The average molecular weight is 358 g/mol. The predicted octanol–water partition coefficient (Wildman–Crippen LogP) is 7.77. The van der Waals surface area contributed by atoms with Gasteiger partial charge in [-0.2, -0.15) is 0 Å². The summed E-state index contributed by atoms with van der Waals surface area (Å²) in [6.45, 7) is 13.6. The number of benzene rings is 2. The summed E-state index contributed by atoms with van der Waals surface area (Å²) >= 11 is 0. The van der Waals surface area contributed by atoms with Gasteiger partial charge in [0.25, 0.3) is 0 Å². The molecule has 0 aliphatic rings. The molecule has 3 aromatic rings. The van der Waals surface area contributed by atoms with Crippen molar-refractivity contribution in [1.82, 2.24) is 4.57 Å². The van der Waals surface area contributed by atoms with Crippen molar-refractivity contribution >= 4 is 6.20 Å². The second-order valence-corrected chi connectivity index (χ2v) is 8.67. The molecule has 0 N–H and O–H groups in total. The largest absolute Gasteiger partial charge is 0.319 e. The lowest BCUT2D eigenvalue weighted by Crippen LogP contribution is -2.04. The summed E-state index contributed by atoms with van der Waals surface area (Å²) in [4.78, 5) is 0. The molecular formula is C26H31N. The molecule has 0 aliphatic heterocycles. The Labute approximate surface area is 164 Å². The van der Waals surface area contributed by atoms with Crippen LogP contribution in [0.5, 0.6) is 0 Å². The molecule has 140 valence electrons. The third-order valence-electron chi connectivity index (χ3n) is 4.88. The average Bonchev–Trinajstić information content (AvgIpc) is 2.93. The van der Waals surface area contributed by atoms with Crippen molar-refractivity contribution in [3.63, 3.8) is 0 Å². The fourth-order valence-electron chi connectivity index (χ4n) is 3.73. The molecular weight excluding hydrogens is 326 g/mol. The van der Waals surface area contributed by atoms with Crippen LogP contribution in [0.1, 0.15) is 51.8 Å². The maximum Gasteiger partial charge on any atom is 0.0606 e. The zero-order valence-electron chi connectivity index (χ0n) is 17.5. The number of rotatable bonds is 4. The number of aromatic nitrogens is 1. The maximum atomic E-state index is 2.42. The smallest absolute Gasteiger partial charge is 0.0606 e. The summed E-state index contributed by atoms with van der Waals surface area (Å²) in [6.07, 6.45) is 4.58. The first-order valence-electron chi connectivity index (χ1n) is 9.84. The van der Waals surface area contributed by atoms with E-state index in [-0.39, 0.29) is 5.41 Å². The molecule has 1 aromatic heterocycles. The molecule has 1 heteroatoms. The van der Waals surface area contributed by atoms with E-state index in [2.05, 4.69) is 119 Å². The Morgan fingerprint density at radius 2 is 1.33 bits per heavy atom. The van der Waals surface area contributed by atoms with Crippen molar-refractivity contribution in [3.05, 3.63) is 78.0 Å². The Balaban J connectivity index is 2.39. The van der Waals surface area contributed by atoms with Gasteiger partial charge in [-0.1, -0.05) is 101 Å². The van der Waals surface area contributed by atoms with Crippen LogP contribution in [0.15, 0.2) is 66.7 Å². The fourth-order valence-corrected chi connectivity index (χ4v) is 3.73. The lowest BCUT2D eigenvalue weighted by Gasteiger charge is -2.16. The minimum Gasteiger partial charge on any atom is -0.319 e.